The second kappa shape index (κ2) is 7.64. The van der Waals surface area contributed by atoms with Gasteiger partial charge in [-0.05, 0) is 54.7 Å². The van der Waals surface area contributed by atoms with E-state index in [0.717, 1.165) is 24.0 Å². The number of benzene rings is 2. The molecule has 1 aliphatic heterocycles. The van der Waals surface area contributed by atoms with E-state index in [-0.39, 0.29) is 5.82 Å². The van der Waals surface area contributed by atoms with Gasteiger partial charge in [0.25, 0.3) is 0 Å². The van der Waals surface area contributed by atoms with Crippen LogP contribution < -0.4 is 5.32 Å². The predicted molar refractivity (Wildman–Crippen MR) is 96.1 cm³/mol. The Morgan fingerprint density at radius 1 is 1.00 bits per heavy atom. The number of nitrogens with zero attached hydrogens (tertiary/aromatic N) is 1. The van der Waals surface area contributed by atoms with Crippen molar-refractivity contribution in [2.75, 3.05) is 13.1 Å². The van der Waals surface area contributed by atoms with Crippen LogP contribution in [-0.2, 0) is 23.1 Å². The lowest BCUT2D eigenvalue weighted by molar-refractivity contribution is 0.477. The van der Waals surface area contributed by atoms with Crippen molar-refractivity contribution < 1.29 is 12.8 Å². The first-order valence-electron chi connectivity index (χ1n) is 8.52. The van der Waals surface area contributed by atoms with Gasteiger partial charge in [-0.2, -0.15) is 4.31 Å². The van der Waals surface area contributed by atoms with Gasteiger partial charge in [0, 0.05) is 26.2 Å². The van der Waals surface area contributed by atoms with Crippen LogP contribution in [0.3, 0.4) is 0 Å². The number of sulfonamides is 1. The van der Waals surface area contributed by atoms with Crippen molar-refractivity contribution in [2.24, 2.45) is 0 Å². The number of hydrogen-bond donors (Lipinski definition) is 1. The molecule has 0 unspecified atom stereocenters. The van der Waals surface area contributed by atoms with Gasteiger partial charge >= 0.3 is 0 Å². The molecule has 1 heterocycles. The van der Waals surface area contributed by atoms with Crippen LogP contribution in [0.5, 0.6) is 0 Å². The highest BCUT2D eigenvalue weighted by Crippen LogP contribution is 2.21. The van der Waals surface area contributed by atoms with E-state index in [9.17, 15) is 12.8 Å². The Morgan fingerprint density at radius 2 is 1.60 bits per heavy atom. The van der Waals surface area contributed by atoms with Gasteiger partial charge in [-0.15, -0.1) is 0 Å². The lowest BCUT2D eigenvalue weighted by Gasteiger charge is -2.15. The first-order valence-corrected chi connectivity index (χ1v) is 9.96. The number of aryl methyl sites for hydroxylation is 1. The fraction of sp³-hybridized carbons (Fsp3) is 0.368. The summed E-state index contributed by atoms with van der Waals surface area (Å²) in [7, 11) is -3.36. The fourth-order valence-corrected chi connectivity index (χ4v) is 4.47. The fourth-order valence-electron chi connectivity index (χ4n) is 2.95. The van der Waals surface area contributed by atoms with Gasteiger partial charge in [0.15, 0.2) is 0 Å². The molecule has 134 valence electrons. The van der Waals surface area contributed by atoms with E-state index < -0.39 is 10.0 Å². The van der Waals surface area contributed by atoms with Crippen LogP contribution >= 0.6 is 0 Å². The number of halogens is 1. The van der Waals surface area contributed by atoms with E-state index in [0.29, 0.717) is 36.6 Å². The van der Waals surface area contributed by atoms with Crippen molar-refractivity contribution in [2.45, 2.75) is 37.8 Å². The second-order valence-electron chi connectivity index (χ2n) is 6.44. The van der Waals surface area contributed by atoms with E-state index in [4.69, 9.17) is 0 Å². The average Bonchev–Trinajstić information content (AvgIpc) is 3.14. The second-order valence-corrected chi connectivity index (χ2v) is 8.38. The molecule has 4 nitrogen and oxygen atoms in total. The summed E-state index contributed by atoms with van der Waals surface area (Å²) in [5.41, 5.74) is 2.52. The third-order valence-corrected chi connectivity index (χ3v) is 6.43. The van der Waals surface area contributed by atoms with Crippen LogP contribution in [0, 0.1) is 12.7 Å². The quantitative estimate of drug-likeness (QED) is 0.858. The summed E-state index contributed by atoms with van der Waals surface area (Å²) in [5, 5.41) is 3.25. The molecule has 0 bridgehead atoms. The molecule has 0 aromatic heterocycles. The molecule has 0 amide bonds. The molecule has 0 atom stereocenters. The van der Waals surface area contributed by atoms with Gasteiger partial charge in [-0.1, -0.05) is 24.3 Å². The zero-order chi connectivity index (χ0) is 17.9. The molecule has 0 aliphatic carbocycles. The van der Waals surface area contributed by atoms with E-state index >= 15 is 0 Å². The maximum Gasteiger partial charge on any atom is 0.243 e. The molecule has 1 N–H and O–H groups in total. The maximum atomic E-state index is 13.5. The minimum absolute atomic E-state index is 0.198. The summed E-state index contributed by atoms with van der Waals surface area (Å²) >= 11 is 0. The number of rotatable bonds is 6. The molecule has 3 rings (SSSR count). The topological polar surface area (TPSA) is 49.4 Å². The molecule has 25 heavy (non-hydrogen) atoms. The van der Waals surface area contributed by atoms with Crippen LogP contribution in [0.4, 0.5) is 4.39 Å². The summed E-state index contributed by atoms with van der Waals surface area (Å²) in [4.78, 5) is 0.346. The predicted octanol–water partition coefficient (Wildman–Crippen LogP) is 3.21. The van der Waals surface area contributed by atoms with Gasteiger partial charge in [0.05, 0.1) is 4.90 Å². The van der Waals surface area contributed by atoms with Crippen molar-refractivity contribution in [3.05, 3.63) is 65.0 Å². The molecule has 6 heteroatoms. The van der Waals surface area contributed by atoms with Crippen molar-refractivity contribution in [1.82, 2.24) is 9.62 Å². The Morgan fingerprint density at radius 3 is 2.24 bits per heavy atom. The molecule has 0 radical (unpaired) electrons. The van der Waals surface area contributed by atoms with Crippen LogP contribution in [0.15, 0.2) is 47.4 Å². The Balaban J connectivity index is 1.58. The molecular weight excluding hydrogens is 339 g/mol. The van der Waals surface area contributed by atoms with Gasteiger partial charge in [-0.25, -0.2) is 12.8 Å². The van der Waals surface area contributed by atoms with E-state index in [2.05, 4.69) is 5.32 Å². The highest BCUT2D eigenvalue weighted by molar-refractivity contribution is 7.89. The minimum atomic E-state index is -3.36. The lowest BCUT2D eigenvalue weighted by atomic mass is 10.1. The molecule has 1 aliphatic rings. The Kier molecular flexibility index (Phi) is 5.51. The molecule has 2 aromatic rings. The zero-order valence-electron chi connectivity index (χ0n) is 14.3. The Hall–Kier alpha value is -1.76. The largest absolute Gasteiger partial charge is 0.309 e. The van der Waals surface area contributed by atoms with Crippen LogP contribution in [-0.4, -0.2) is 25.8 Å². The minimum Gasteiger partial charge on any atom is -0.309 e. The van der Waals surface area contributed by atoms with E-state index in [1.807, 2.05) is 18.2 Å². The monoisotopic (exact) mass is 362 g/mol. The molecular formula is C19H23FN2O2S. The number of hydrogen-bond acceptors (Lipinski definition) is 3. The number of nitrogens with one attached hydrogen (secondary N) is 1. The standard InChI is InChI=1S/C19H23FN2O2S/c1-15-4-5-17(12-19(15)20)14-21-13-16-6-8-18(9-7-16)25(23,24)22-10-2-3-11-22/h4-9,12,21H,2-3,10-11,13-14H2,1H3. The zero-order valence-corrected chi connectivity index (χ0v) is 15.2. The summed E-state index contributed by atoms with van der Waals surface area (Å²) in [6.07, 6.45) is 1.86. The van der Waals surface area contributed by atoms with Crippen molar-refractivity contribution in [3.8, 4) is 0 Å². The normalized spacial score (nSPS) is 15.6. The SMILES string of the molecule is Cc1ccc(CNCc2ccc(S(=O)(=O)N3CCCC3)cc2)cc1F. The molecule has 0 saturated carbocycles. The van der Waals surface area contributed by atoms with E-state index in [1.54, 1.807) is 29.4 Å². The summed E-state index contributed by atoms with van der Waals surface area (Å²) in [6, 6.07) is 12.2. The van der Waals surface area contributed by atoms with Crippen LogP contribution in [0.25, 0.3) is 0 Å². The van der Waals surface area contributed by atoms with Crippen molar-refractivity contribution >= 4 is 10.0 Å². The van der Waals surface area contributed by atoms with Gasteiger partial charge in [0.1, 0.15) is 5.82 Å². The van der Waals surface area contributed by atoms with E-state index in [1.165, 1.54) is 6.07 Å². The van der Waals surface area contributed by atoms with Crippen LogP contribution in [0.2, 0.25) is 0 Å². The molecule has 0 spiro atoms. The Labute approximate surface area is 148 Å². The summed E-state index contributed by atoms with van der Waals surface area (Å²) < 4.78 is 40.0. The third-order valence-electron chi connectivity index (χ3n) is 4.52. The van der Waals surface area contributed by atoms with Gasteiger partial charge in [-0.3, -0.25) is 0 Å². The highest BCUT2D eigenvalue weighted by atomic mass is 32.2. The average molecular weight is 362 g/mol. The third kappa shape index (κ3) is 4.26. The highest BCUT2D eigenvalue weighted by Gasteiger charge is 2.26. The van der Waals surface area contributed by atoms with Crippen molar-refractivity contribution in [1.29, 1.82) is 0 Å². The Bertz CT molecular complexity index is 829. The molecule has 1 fully saturated rings. The van der Waals surface area contributed by atoms with Crippen LogP contribution in [0.1, 0.15) is 29.5 Å². The maximum absolute atomic E-state index is 13.5. The first kappa shape index (κ1) is 18.0. The molecule has 2 aromatic carbocycles. The first-order chi connectivity index (χ1) is 12.0. The summed E-state index contributed by atoms with van der Waals surface area (Å²) in [6.45, 7) is 4.12. The van der Waals surface area contributed by atoms with Crippen molar-refractivity contribution in [3.63, 3.8) is 0 Å². The molecule has 1 saturated heterocycles. The summed E-state index contributed by atoms with van der Waals surface area (Å²) in [5.74, 6) is -0.198. The van der Waals surface area contributed by atoms with Gasteiger partial charge in [0.2, 0.25) is 10.0 Å². The van der Waals surface area contributed by atoms with Gasteiger partial charge < -0.3 is 5.32 Å². The smallest absolute Gasteiger partial charge is 0.243 e. The lowest BCUT2D eigenvalue weighted by Crippen LogP contribution is -2.27.